The number of hydrogen-bond donors (Lipinski definition) is 2. The van der Waals surface area contributed by atoms with Gasteiger partial charge in [-0.15, -0.1) is 0 Å². The van der Waals surface area contributed by atoms with Gasteiger partial charge in [0.1, 0.15) is 6.61 Å². The summed E-state index contributed by atoms with van der Waals surface area (Å²) >= 11 is 0. The summed E-state index contributed by atoms with van der Waals surface area (Å²) in [5.74, 6) is 0.380. The number of carbonyl (C=O) groups excluding carboxylic acids is 1. The third kappa shape index (κ3) is 5.83. The van der Waals surface area contributed by atoms with Gasteiger partial charge < -0.3 is 20.5 Å². The van der Waals surface area contributed by atoms with Crippen LogP contribution in [0.2, 0.25) is 0 Å². The van der Waals surface area contributed by atoms with Gasteiger partial charge in [-0.05, 0) is 41.3 Å². The molecule has 3 aromatic rings. The summed E-state index contributed by atoms with van der Waals surface area (Å²) in [6.45, 7) is 0.643. The molecule has 0 saturated carbocycles. The molecule has 0 spiro atoms. The number of ether oxygens (including phenoxy) is 2. The maximum Gasteiger partial charge on any atom is 0.248 e. The molecule has 0 radical (unpaired) electrons. The van der Waals surface area contributed by atoms with Crippen LogP contribution in [-0.4, -0.2) is 25.2 Å². The average Bonchev–Trinajstić information content (AvgIpc) is 3.33. The molecule has 3 aromatic carbocycles. The highest BCUT2D eigenvalue weighted by atomic mass is 16.7. The Labute approximate surface area is 187 Å². The predicted octanol–water partition coefficient (Wildman–Crippen LogP) is 4.61. The van der Waals surface area contributed by atoms with Crippen molar-refractivity contribution in [2.24, 2.45) is 4.99 Å². The van der Waals surface area contributed by atoms with Crippen LogP contribution in [0.5, 0.6) is 0 Å². The van der Waals surface area contributed by atoms with Gasteiger partial charge in [0, 0.05) is 6.08 Å². The molecule has 1 unspecified atom stereocenters. The molecule has 162 valence electrons. The van der Waals surface area contributed by atoms with Crippen LogP contribution in [0.15, 0.2) is 89.9 Å². The second-order valence-electron chi connectivity index (χ2n) is 7.42. The molecule has 1 aliphatic rings. The van der Waals surface area contributed by atoms with E-state index in [-0.39, 0.29) is 18.7 Å². The molecule has 0 aromatic heterocycles. The lowest BCUT2D eigenvalue weighted by atomic mass is 9.98. The topological polar surface area (TPSA) is 85.9 Å². The first kappa shape index (κ1) is 21.3. The average molecular weight is 428 g/mol. The zero-order chi connectivity index (χ0) is 22.2. The number of nitrogens with two attached hydrogens (primary N) is 1. The van der Waals surface area contributed by atoms with Gasteiger partial charge in [0.15, 0.2) is 6.79 Å². The van der Waals surface area contributed by atoms with Gasteiger partial charge in [0.2, 0.25) is 11.8 Å². The highest BCUT2D eigenvalue weighted by Gasteiger charge is 2.16. The fourth-order valence-electron chi connectivity index (χ4n) is 3.39. The monoisotopic (exact) mass is 427 g/mol. The lowest BCUT2D eigenvalue weighted by molar-refractivity contribution is -0.111. The normalized spacial score (nSPS) is 15.6. The molecule has 0 aliphatic carbocycles. The van der Waals surface area contributed by atoms with Crippen molar-refractivity contribution in [1.29, 1.82) is 0 Å². The van der Waals surface area contributed by atoms with E-state index in [4.69, 9.17) is 20.2 Å². The van der Waals surface area contributed by atoms with Crippen molar-refractivity contribution in [2.75, 3.05) is 24.5 Å². The Morgan fingerprint density at radius 1 is 1.03 bits per heavy atom. The number of para-hydroxylation sites is 2. The molecule has 6 heteroatoms. The fourth-order valence-corrected chi connectivity index (χ4v) is 3.39. The number of anilines is 2. The SMILES string of the molecule is Nc1ccccc1NC(=O)C=Cc1ccc(C(Cc2ccccc2)N=C2COCO2)cc1. The maximum atomic E-state index is 12.2. The lowest BCUT2D eigenvalue weighted by Gasteiger charge is -2.14. The van der Waals surface area contributed by atoms with Crippen LogP contribution in [0, 0.1) is 0 Å². The number of carbonyl (C=O) groups is 1. The van der Waals surface area contributed by atoms with Gasteiger partial charge >= 0.3 is 0 Å². The molecular formula is C26H25N3O3. The number of hydrogen-bond acceptors (Lipinski definition) is 5. The van der Waals surface area contributed by atoms with Crippen LogP contribution >= 0.6 is 0 Å². The molecule has 1 amide bonds. The second kappa shape index (κ2) is 10.4. The molecule has 32 heavy (non-hydrogen) atoms. The van der Waals surface area contributed by atoms with Gasteiger partial charge in [-0.25, -0.2) is 4.99 Å². The summed E-state index contributed by atoms with van der Waals surface area (Å²) in [4.78, 5) is 17.0. The molecule has 1 heterocycles. The van der Waals surface area contributed by atoms with Crippen LogP contribution in [0.25, 0.3) is 6.08 Å². The van der Waals surface area contributed by atoms with Gasteiger partial charge in [-0.2, -0.15) is 0 Å². The standard InChI is InChI=1S/C26H25N3O3/c27-22-8-4-5-9-23(22)28-25(30)15-12-19-10-13-21(14-11-19)24(29-26-17-31-18-32-26)16-20-6-2-1-3-7-20/h1-15,24H,16-18,27H2,(H,28,30). The van der Waals surface area contributed by atoms with Gasteiger partial charge in [-0.1, -0.05) is 66.7 Å². The second-order valence-corrected chi connectivity index (χ2v) is 7.42. The highest BCUT2D eigenvalue weighted by molar-refractivity contribution is 6.03. The number of amides is 1. The van der Waals surface area contributed by atoms with E-state index in [1.54, 1.807) is 18.2 Å². The van der Waals surface area contributed by atoms with Crippen LogP contribution in [-0.2, 0) is 20.7 Å². The molecule has 1 aliphatic heterocycles. The van der Waals surface area contributed by atoms with Crippen molar-refractivity contribution in [3.8, 4) is 0 Å². The molecule has 0 bridgehead atoms. The molecule has 1 saturated heterocycles. The van der Waals surface area contributed by atoms with Crippen LogP contribution < -0.4 is 11.1 Å². The van der Waals surface area contributed by atoms with Gasteiger partial charge in [0.25, 0.3) is 0 Å². The molecular weight excluding hydrogens is 402 g/mol. The van der Waals surface area contributed by atoms with Crippen molar-refractivity contribution < 1.29 is 14.3 Å². The summed E-state index contributed by atoms with van der Waals surface area (Å²) in [6, 6.07) is 25.3. The summed E-state index contributed by atoms with van der Waals surface area (Å²) < 4.78 is 10.7. The zero-order valence-corrected chi connectivity index (χ0v) is 17.6. The maximum absolute atomic E-state index is 12.2. The largest absolute Gasteiger partial charge is 0.452 e. The predicted molar refractivity (Wildman–Crippen MR) is 127 cm³/mol. The van der Waals surface area contributed by atoms with Gasteiger partial charge in [-0.3, -0.25) is 4.79 Å². The third-order valence-corrected chi connectivity index (χ3v) is 5.07. The number of rotatable bonds is 7. The van der Waals surface area contributed by atoms with Crippen molar-refractivity contribution in [2.45, 2.75) is 12.5 Å². The number of benzene rings is 3. The lowest BCUT2D eigenvalue weighted by Crippen LogP contribution is -2.09. The van der Waals surface area contributed by atoms with E-state index < -0.39 is 0 Å². The molecule has 3 N–H and O–H groups in total. The van der Waals surface area contributed by atoms with Gasteiger partial charge in [0.05, 0.1) is 17.4 Å². The van der Waals surface area contributed by atoms with E-state index in [1.165, 1.54) is 11.6 Å². The summed E-state index contributed by atoms with van der Waals surface area (Å²) in [7, 11) is 0. The molecule has 1 fully saturated rings. The first-order chi connectivity index (χ1) is 15.7. The Balaban J connectivity index is 1.46. The number of nitrogen functional groups attached to an aromatic ring is 1. The summed E-state index contributed by atoms with van der Waals surface area (Å²) in [5.41, 5.74) is 10.2. The molecule has 1 atom stereocenters. The van der Waals surface area contributed by atoms with Crippen LogP contribution in [0.1, 0.15) is 22.7 Å². The summed E-state index contributed by atoms with van der Waals surface area (Å²) in [5, 5.41) is 2.78. The van der Waals surface area contributed by atoms with E-state index in [0.29, 0.717) is 23.9 Å². The first-order valence-electron chi connectivity index (χ1n) is 10.4. The molecule has 4 rings (SSSR count). The van der Waals surface area contributed by atoms with Crippen molar-refractivity contribution in [1.82, 2.24) is 0 Å². The number of aliphatic imine (C=N–C) groups is 1. The minimum Gasteiger partial charge on any atom is -0.452 e. The fraction of sp³-hybridized carbons (Fsp3) is 0.154. The molecule has 6 nitrogen and oxygen atoms in total. The van der Waals surface area contributed by atoms with E-state index in [0.717, 1.165) is 17.5 Å². The smallest absolute Gasteiger partial charge is 0.248 e. The van der Waals surface area contributed by atoms with Crippen LogP contribution in [0.4, 0.5) is 11.4 Å². The number of nitrogens with one attached hydrogen (secondary N) is 1. The minimum absolute atomic E-state index is 0.0866. The number of nitrogens with zero attached hydrogens (tertiary/aromatic N) is 1. The van der Waals surface area contributed by atoms with Crippen molar-refractivity contribution in [3.63, 3.8) is 0 Å². The van der Waals surface area contributed by atoms with Crippen LogP contribution in [0.3, 0.4) is 0 Å². The Bertz CT molecular complexity index is 1100. The third-order valence-electron chi connectivity index (χ3n) is 5.07. The Morgan fingerprint density at radius 2 is 1.78 bits per heavy atom. The Morgan fingerprint density at radius 3 is 2.50 bits per heavy atom. The highest BCUT2D eigenvalue weighted by Crippen LogP contribution is 2.24. The van der Waals surface area contributed by atoms with E-state index >= 15 is 0 Å². The van der Waals surface area contributed by atoms with E-state index in [9.17, 15) is 4.79 Å². The van der Waals surface area contributed by atoms with E-state index in [2.05, 4.69) is 17.4 Å². The quantitative estimate of drug-likeness (QED) is 0.426. The van der Waals surface area contributed by atoms with Crippen molar-refractivity contribution >= 4 is 29.3 Å². The first-order valence-corrected chi connectivity index (χ1v) is 10.4. The Kier molecular flexibility index (Phi) is 6.94. The van der Waals surface area contributed by atoms with E-state index in [1.807, 2.05) is 54.6 Å². The van der Waals surface area contributed by atoms with Crippen molar-refractivity contribution in [3.05, 3.63) is 102 Å². The Hall–Kier alpha value is -3.90. The summed E-state index contributed by atoms with van der Waals surface area (Å²) in [6.07, 6.45) is 4.01. The minimum atomic E-state index is -0.237. The zero-order valence-electron chi connectivity index (χ0n) is 17.6.